The van der Waals surface area contributed by atoms with Gasteiger partial charge in [-0.05, 0) is 41.9 Å². The van der Waals surface area contributed by atoms with Crippen molar-refractivity contribution in [2.45, 2.75) is 31.3 Å². The molecule has 0 saturated carbocycles. The van der Waals surface area contributed by atoms with Crippen LogP contribution in [0, 0.1) is 6.92 Å². The molecule has 3 nitrogen and oxygen atoms in total. The fourth-order valence-electron chi connectivity index (χ4n) is 1.96. The maximum Gasteiger partial charge on any atom is 0.0701 e. The van der Waals surface area contributed by atoms with E-state index < -0.39 is 0 Å². The van der Waals surface area contributed by atoms with Crippen molar-refractivity contribution in [1.82, 2.24) is 9.78 Å². The third-order valence-corrected chi connectivity index (χ3v) is 4.63. The quantitative estimate of drug-likeness (QED) is 0.843. The van der Waals surface area contributed by atoms with Crippen molar-refractivity contribution >= 4 is 27.7 Å². The number of hydrogen-bond acceptors (Lipinski definition) is 3. The molecule has 0 aliphatic rings. The van der Waals surface area contributed by atoms with E-state index in [-0.39, 0.29) is 6.04 Å². The number of thioether (sulfide) groups is 1. The maximum atomic E-state index is 6.29. The van der Waals surface area contributed by atoms with Crippen LogP contribution in [0.1, 0.15) is 24.2 Å². The van der Waals surface area contributed by atoms with E-state index in [1.54, 1.807) is 11.8 Å². The summed E-state index contributed by atoms with van der Waals surface area (Å²) in [6.07, 6.45) is 1.82. The van der Waals surface area contributed by atoms with Gasteiger partial charge in [0.25, 0.3) is 0 Å². The Morgan fingerprint density at radius 3 is 2.95 bits per heavy atom. The highest BCUT2D eigenvalue weighted by atomic mass is 79.9. The SMILES string of the molecule is CCn1ncc(Br)c1C(N)CSc1cccc(C)c1. The number of benzene rings is 1. The molecule has 0 fully saturated rings. The lowest BCUT2D eigenvalue weighted by molar-refractivity contribution is 0.591. The summed E-state index contributed by atoms with van der Waals surface area (Å²) < 4.78 is 2.94. The minimum Gasteiger partial charge on any atom is -0.322 e. The van der Waals surface area contributed by atoms with Gasteiger partial charge < -0.3 is 5.73 Å². The molecule has 0 spiro atoms. The molecule has 0 amide bonds. The second-order valence-electron chi connectivity index (χ2n) is 4.43. The Morgan fingerprint density at radius 1 is 1.47 bits per heavy atom. The van der Waals surface area contributed by atoms with Gasteiger partial charge in [-0.25, -0.2) is 0 Å². The highest BCUT2D eigenvalue weighted by Crippen LogP contribution is 2.28. The molecule has 19 heavy (non-hydrogen) atoms. The highest BCUT2D eigenvalue weighted by molar-refractivity contribution is 9.10. The summed E-state index contributed by atoms with van der Waals surface area (Å²) in [5, 5.41) is 4.30. The zero-order valence-corrected chi connectivity index (χ0v) is 13.5. The molecule has 1 atom stereocenters. The maximum absolute atomic E-state index is 6.29. The first-order valence-electron chi connectivity index (χ1n) is 6.28. The summed E-state index contributed by atoms with van der Waals surface area (Å²) in [5.74, 6) is 0.841. The molecular weight excluding hydrogens is 322 g/mol. The summed E-state index contributed by atoms with van der Waals surface area (Å²) >= 11 is 5.31. The zero-order valence-electron chi connectivity index (χ0n) is 11.1. The van der Waals surface area contributed by atoms with Crippen molar-refractivity contribution in [2.75, 3.05) is 5.75 Å². The topological polar surface area (TPSA) is 43.8 Å². The number of aryl methyl sites for hydroxylation is 2. The summed E-state index contributed by atoms with van der Waals surface area (Å²) in [6, 6.07) is 8.46. The molecular formula is C14H18BrN3S. The third kappa shape index (κ3) is 3.61. The van der Waals surface area contributed by atoms with E-state index in [0.29, 0.717) is 0 Å². The van der Waals surface area contributed by atoms with Crippen LogP contribution < -0.4 is 5.73 Å². The Labute approximate surface area is 126 Å². The number of aromatic nitrogens is 2. The van der Waals surface area contributed by atoms with Crippen molar-refractivity contribution < 1.29 is 0 Å². The Morgan fingerprint density at radius 2 is 2.26 bits per heavy atom. The molecule has 1 aromatic carbocycles. The zero-order chi connectivity index (χ0) is 13.8. The summed E-state index contributed by atoms with van der Waals surface area (Å²) in [4.78, 5) is 1.26. The molecule has 0 aliphatic heterocycles. The largest absolute Gasteiger partial charge is 0.322 e. The molecule has 2 rings (SSSR count). The molecule has 2 N–H and O–H groups in total. The van der Waals surface area contributed by atoms with Crippen molar-refractivity contribution in [3.05, 3.63) is 46.2 Å². The average molecular weight is 340 g/mol. The van der Waals surface area contributed by atoms with Gasteiger partial charge in [0.1, 0.15) is 0 Å². The molecule has 1 heterocycles. The van der Waals surface area contributed by atoms with Crippen molar-refractivity contribution in [2.24, 2.45) is 5.73 Å². The third-order valence-electron chi connectivity index (χ3n) is 2.90. The molecule has 0 bridgehead atoms. The Bertz CT molecular complexity index is 553. The van der Waals surface area contributed by atoms with Gasteiger partial charge in [-0.3, -0.25) is 4.68 Å². The number of hydrogen-bond donors (Lipinski definition) is 1. The number of halogens is 1. The summed E-state index contributed by atoms with van der Waals surface area (Å²) in [5.41, 5.74) is 8.64. The van der Waals surface area contributed by atoms with E-state index in [2.05, 4.69) is 59.1 Å². The van der Waals surface area contributed by atoms with E-state index >= 15 is 0 Å². The standard InChI is InChI=1S/C14H18BrN3S/c1-3-18-14(12(15)8-17-18)13(16)9-19-11-6-4-5-10(2)7-11/h4-8,13H,3,9,16H2,1-2H3. The molecule has 2 aromatic rings. The predicted molar refractivity (Wildman–Crippen MR) is 84.4 cm³/mol. The molecule has 5 heteroatoms. The van der Waals surface area contributed by atoms with E-state index in [9.17, 15) is 0 Å². The van der Waals surface area contributed by atoms with Gasteiger partial charge in [-0.1, -0.05) is 17.7 Å². The minimum absolute atomic E-state index is 0.0256. The van der Waals surface area contributed by atoms with Crippen LogP contribution in [0.15, 0.2) is 39.8 Å². The van der Waals surface area contributed by atoms with Gasteiger partial charge in [0.15, 0.2) is 0 Å². The van der Waals surface area contributed by atoms with E-state index in [1.165, 1.54) is 10.5 Å². The van der Waals surface area contributed by atoms with Crippen LogP contribution in [-0.2, 0) is 6.54 Å². The number of rotatable bonds is 5. The van der Waals surface area contributed by atoms with Crippen molar-refractivity contribution in [1.29, 1.82) is 0 Å². The van der Waals surface area contributed by atoms with Crippen molar-refractivity contribution in [3.8, 4) is 0 Å². The Kier molecular flexibility index (Phi) is 5.07. The van der Waals surface area contributed by atoms with Gasteiger partial charge in [0.05, 0.1) is 22.4 Å². The van der Waals surface area contributed by atoms with Crippen LogP contribution in [-0.4, -0.2) is 15.5 Å². The predicted octanol–water partition coefficient (Wildman–Crippen LogP) is 3.77. The Balaban J connectivity index is 2.05. The van der Waals surface area contributed by atoms with E-state index in [1.807, 2.05) is 10.9 Å². The first-order valence-corrected chi connectivity index (χ1v) is 8.06. The lowest BCUT2D eigenvalue weighted by Gasteiger charge is -2.14. The van der Waals surface area contributed by atoms with E-state index in [0.717, 1.165) is 22.5 Å². The fraction of sp³-hybridized carbons (Fsp3) is 0.357. The molecule has 1 unspecified atom stereocenters. The molecule has 102 valence electrons. The van der Waals surface area contributed by atoms with Crippen LogP contribution in [0.3, 0.4) is 0 Å². The van der Waals surface area contributed by atoms with Gasteiger partial charge in [0, 0.05) is 17.2 Å². The summed E-state index contributed by atoms with van der Waals surface area (Å²) in [6.45, 7) is 5.01. The second-order valence-corrected chi connectivity index (χ2v) is 6.38. The molecule has 1 aromatic heterocycles. The normalized spacial score (nSPS) is 12.6. The molecule has 0 saturated heterocycles. The van der Waals surface area contributed by atoms with Gasteiger partial charge in [-0.15, -0.1) is 11.8 Å². The monoisotopic (exact) mass is 339 g/mol. The molecule has 0 aliphatic carbocycles. The minimum atomic E-state index is -0.0256. The lowest BCUT2D eigenvalue weighted by atomic mass is 10.2. The van der Waals surface area contributed by atoms with Gasteiger partial charge >= 0.3 is 0 Å². The first-order chi connectivity index (χ1) is 9.11. The molecule has 0 radical (unpaired) electrons. The van der Waals surface area contributed by atoms with Crippen LogP contribution in [0.25, 0.3) is 0 Å². The van der Waals surface area contributed by atoms with Crippen LogP contribution >= 0.6 is 27.7 Å². The summed E-state index contributed by atoms with van der Waals surface area (Å²) in [7, 11) is 0. The van der Waals surface area contributed by atoms with Gasteiger partial charge in [0.2, 0.25) is 0 Å². The van der Waals surface area contributed by atoms with Crippen LogP contribution in [0.5, 0.6) is 0 Å². The Hall–Kier alpha value is -0.780. The number of nitrogens with two attached hydrogens (primary N) is 1. The van der Waals surface area contributed by atoms with Crippen LogP contribution in [0.4, 0.5) is 0 Å². The van der Waals surface area contributed by atoms with Gasteiger partial charge in [-0.2, -0.15) is 5.10 Å². The van der Waals surface area contributed by atoms with E-state index in [4.69, 9.17) is 5.73 Å². The highest BCUT2D eigenvalue weighted by Gasteiger charge is 2.16. The smallest absolute Gasteiger partial charge is 0.0701 e. The van der Waals surface area contributed by atoms with Crippen LogP contribution in [0.2, 0.25) is 0 Å². The second kappa shape index (κ2) is 6.59. The first kappa shape index (κ1) is 14.6. The fourth-order valence-corrected chi connectivity index (χ4v) is 3.53. The van der Waals surface area contributed by atoms with Crippen molar-refractivity contribution in [3.63, 3.8) is 0 Å². The number of nitrogens with zero attached hydrogens (tertiary/aromatic N) is 2. The average Bonchev–Trinajstić information content (AvgIpc) is 2.77. The lowest BCUT2D eigenvalue weighted by Crippen LogP contribution is -2.18.